The van der Waals surface area contributed by atoms with Gasteiger partial charge in [0.05, 0.1) is 17.1 Å². The molecule has 0 aliphatic carbocycles. The molecule has 7 heteroatoms. The molecule has 0 fully saturated rings. The van der Waals surface area contributed by atoms with E-state index >= 15 is 0 Å². The van der Waals surface area contributed by atoms with Gasteiger partial charge < -0.3 is 9.73 Å². The van der Waals surface area contributed by atoms with Gasteiger partial charge in [-0.15, -0.1) is 16.8 Å². The average Bonchev–Trinajstić information content (AvgIpc) is 3.21. The maximum absolute atomic E-state index is 12.6. The summed E-state index contributed by atoms with van der Waals surface area (Å²) in [6.45, 7) is 10.1. The third-order valence-electron chi connectivity index (χ3n) is 4.07. The predicted molar refractivity (Wildman–Crippen MR) is 108 cm³/mol. The lowest BCUT2D eigenvalue weighted by molar-refractivity contribution is -0.115. The lowest BCUT2D eigenvalue weighted by atomic mass is 10.2. The van der Waals surface area contributed by atoms with Crippen LogP contribution >= 0.6 is 11.8 Å². The molecule has 1 atom stereocenters. The van der Waals surface area contributed by atoms with Crippen LogP contribution in [-0.2, 0) is 11.3 Å². The Morgan fingerprint density at radius 3 is 2.85 bits per heavy atom. The monoisotopic (exact) mass is 382 g/mol. The number of furan rings is 1. The molecular formula is C20H22N4O2S. The highest BCUT2D eigenvalue weighted by Crippen LogP contribution is 2.29. The minimum Gasteiger partial charge on any atom is -0.469 e. The number of allylic oxidation sites excluding steroid dienone is 1. The molecule has 3 rings (SSSR count). The molecule has 0 saturated carbocycles. The Morgan fingerprint density at radius 2 is 2.19 bits per heavy atom. The van der Waals surface area contributed by atoms with Gasteiger partial charge in [-0.05, 0) is 44.5 Å². The fraction of sp³-hybridized carbons (Fsp3) is 0.250. The fourth-order valence-electron chi connectivity index (χ4n) is 2.66. The highest BCUT2D eigenvalue weighted by atomic mass is 32.2. The first-order chi connectivity index (χ1) is 13.0. The van der Waals surface area contributed by atoms with Crippen LogP contribution in [0.2, 0.25) is 0 Å². The number of amides is 1. The van der Waals surface area contributed by atoms with Crippen LogP contribution in [0.25, 0.3) is 11.4 Å². The molecule has 1 unspecified atom stereocenters. The zero-order valence-corrected chi connectivity index (χ0v) is 16.4. The number of carbonyl (C=O) groups is 1. The Balaban J connectivity index is 1.78. The summed E-state index contributed by atoms with van der Waals surface area (Å²) in [6.07, 6.45) is 3.41. The quantitative estimate of drug-likeness (QED) is 0.482. The van der Waals surface area contributed by atoms with Crippen LogP contribution < -0.4 is 5.32 Å². The molecule has 2 aromatic heterocycles. The van der Waals surface area contributed by atoms with E-state index < -0.39 is 0 Å². The molecule has 2 heterocycles. The summed E-state index contributed by atoms with van der Waals surface area (Å²) in [5.41, 5.74) is 2.77. The topological polar surface area (TPSA) is 73.0 Å². The van der Waals surface area contributed by atoms with Gasteiger partial charge in [-0.3, -0.25) is 9.36 Å². The average molecular weight is 382 g/mol. The maximum Gasteiger partial charge on any atom is 0.237 e. The zero-order chi connectivity index (χ0) is 19.4. The van der Waals surface area contributed by atoms with Gasteiger partial charge in [-0.25, -0.2) is 0 Å². The van der Waals surface area contributed by atoms with E-state index in [9.17, 15) is 4.79 Å². The van der Waals surface area contributed by atoms with Crippen molar-refractivity contribution in [3.8, 4) is 11.4 Å². The molecule has 0 aliphatic rings. The number of nitrogens with one attached hydrogen (secondary N) is 1. The van der Waals surface area contributed by atoms with Crippen molar-refractivity contribution in [2.75, 3.05) is 5.32 Å². The van der Waals surface area contributed by atoms with Crippen molar-refractivity contribution in [1.82, 2.24) is 14.8 Å². The molecule has 0 aliphatic heterocycles. The second kappa shape index (κ2) is 8.26. The third kappa shape index (κ3) is 4.31. The molecule has 6 nitrogen and oxygen atoms in total. The van der Waals surface area contributed by atoms with Crippen LogP contribution in [0.15, 0.2) is 58.8 Å². The summed E-state index contributed by atoms with van der Waals surface area (Å²) in [5, 5.41) is 11.9. The Bertz CT molecular complexity index is 961. The van der Waals surface area contributed by atoms with E-state index in [0.717, 1.165) is 22.6 Å². The number of aryl methyl sites for hydroxylation is 2. The van der Waals surface area contributed by atoms with E-state index in [0.29, 0.717) is 17.5 Å². The molecule has 1 N–H and O–H groups in total. The van der Waals surface area contributed by atoms with E-state index in [1.165, 1.54) is 11.8 Å². The van der Waals surface area contributed by atoms with Gasteiger partial charge in [0.1, 0.15) is 5.76 Å². The Labute approximate surface area is 162 Å². The first-order valence-corrected chi connectivity index (χ1v) is 9.50. The number of hydrogen-bond acceptors (Lipinski definition) is 5. The van der Waals surface area contributed by atoms with Crippen molar-refractivity contribution in [2.45, 2.75) is 37.7 Å². The van der Waals surface area contributed by atoms with Crippen molar-refractivity contribution < 1.29 is 9.21 Å². The van der Waals surface area contributed by atoms with Crippen molar-refractivity contribution in [1.29, 1.82) is 0 Å². The molecular weight excluding hydrogens is 360 g/mol. The van der Waals surface area contributed by atoms with Crippen molar-refractivity contribution >= 4 is 23.4 Å². The highest BCUT2D eigenvalue weighted by Gasteiger charge is 2.21. The molecule has 140 valence electrons. The van der Waals surface area contributed by atoms with Gasteiger partial charge in [-0.2, -0.15) is 0 Å². The Hall–Kier alpha value is -2.80. The molecule has 1 aromatic carbocycles. The lowest BCUT2D eigenvalue weighted by Crippen LogP contribution is -2.23. The molecule has 0 saturated heterocycles. The summed E-state index contributed by atoms with van der Waals surface area (Å²) in [4.78, 5) is 12.6. The van der Waals surface area contributed by atoms with Crippen molar-refractivity contribution in [2.24, 2.45) is 0 Å². The number of thioether (sulfide) groups is 1. The Morgan fingerprint density at radius 1 is 1.37 bits per heavy atom. The van der Waals surface area contributed by atoms with E-state index in [-0.39, 0.29) is 11.2 Å². The maximum atomic E-state index is 12.6. The third-order valence-corrected chi connectivity index (χ3v) is 5.15. The minimum atomic E-state index is -0.337. The number of anilines is 1. The first-order valence-electron chi connectivity index (χ1n) is 8.62. The van der Waals surface area contributed by atoms with Gasteiger partial charge >= 0.3 is 0 Å². The molecule has 0 spiro atoms. The smallest absolute Gasteiger partial charge is 0.237 e. The summed E-state index contributed by atoms with van der Waals surface area (Å²) in [6, 6.07) is 9.59. The van der Waals surface area contributed by atoms with E-state index in [2.05, 4.69) is 22.1 Å². The summed E-state index contributed by atoms with van der Waals surface area (Å²) < 4.78 is 7.32. The van der Waals surface area contributed by atoms with Crippen LogP contribution in [0.5, 0.6) is 0 Å². The molecule has 0 radical (unpaired) electrons. The van der Waals surface area contributed by atoms with Crippen LogP contribution in [-0.4, -0.2) is 25.9 Å². The van der Waals surface area contributed by atoms with Crippen LogP contribution in [0.1, 0.15) is 18.2 Å². The number of benzene rings is 1. The zero-order valence-electron chi connectivity index (χ0n) is 15.6. The second-order valence-electron chi connectivity index (χ2n) is 6.21. The number of aromatic nitrogens is 3. The Kier molecular flexibility index (Phi) is 5.81. The summed E-state index contributed by atoms with van der Waals surface area (Å²) in [7, 11) is 0. The number of hydrogen-bond donors (Lipinski definition) is 1. The van der Waals surface area contributed by atoms with Gasteiger partial charge in [-0.1, -0.05) is 30.0 Å². The van der Waals surface area contributed by atoms with Gasteiger partial charge in [0.2, 0.25) is 5.91 Å². The van der Waals surface area contributed by atoms with E-state index in [1.54, 1.807) is 12.3 Å². The fourth-order valence-corrected chi connectivity index (χ4v) is 3.52. The summed E-state index contributed by atoms with van der Waals surface area (Å²) in [5.74, 6) is 1.39. The molecule has 27 heavy (non-hydrogen) atoms. The van der Waals surface area contributed by atoms with Crippen molar-refractivity contribution in [3.63, 3.8) is 0 Å². The van der Waals surface area contributed by atoms with Gasteiger partial charge in [0.25, 0.3) is 0 Å². The summed E-state index contributed by atoms with van der Waals surface area (Å²) >= 11 is 1.36. The van der Waals surface area contributed by atoms with Crippen LogP contribution in [0.3, 0.4) is 0 Å². The first kappa shape index (κ1) is 19.0. The SMILES string of the molecule is C=CCn1c(SC(C)C(=O)Nc2cccc(C)c2)nnc1-c1ccoc1C. The molecule has 0 bridgehead atoms. The molecule has 1 amide bonds. The molecule has 3 aromatic rings. The normalized spacial score (nSPS) is 12.0. The lowest BCUT2D eigenvalue weighted by Gasteiger charge is -2.13. The minimum absolute atomic E-state index is 0.0835. The van der Waals surface area contributed by atoms with E-state index in [4.69, 9.17) is 4.42 Å². The highest BCUT2D eigenvalue weighted by molar-refractivity contribution is 8.00. The van der Waals surface area contributed by atoms with Gasteiger partial charge in [0.15, 0.2) is 11.0 Å². The van der Waals surface area contributed by atoms with Crippen molar-refractivity contribution in [3.05, 3.63) is 60.6 Å². The second-order valence-corrected chi connectivity index (χ2v) is 7.52. The van der Waals surface area contributed by atoms with Crippen LogP contribution in [0, 0.1) is 13.8 Å². The standard InChI is InChI=1S/C20H22N4O2S/c1-5-10-24-18(17-9-11-26-14(17)3)22-23-20(24)27-15(4)19(25)21-16-8-6-7-13(2)12-16/h5-9,11-12,15H,1,10H2,2-4H3,(H,21,25). The van der Waals surface area contributed by atoms with E-state index in [1.807, 2.05) is 55.7 Å². The van der Waals surface area contributed by atoms with Gasteiger partial charge in [0, 0.05) is 12.2 Å². The number of nitrogens with zero attached hydrogens (tertiary/aromatic N) is 3. The predicted octanol–water partition coefficient (Wildman–Crippen LogP) is 4.46. The largest absolute Gasteiger partial charge is 0.469 e. The van der Waals surface area contributed by atoms with Crippen LogP contribution in [0.4, 0.5) is 5.69 Å². The number of rotatable bonds is 7. The number of carbonyl (C=O) groups excluding carboxylic acids is 1.